The highest BCUT2D eigenvalue weighted by Crippen LogP contribution is 2.35. The summed E-state index contributed by atoms with van der Waals surface area (Å²) in [6, 6.07) is 8.22. The molecule has 0 saturated carbocycles. The van der Waals surface area contributed by atoms with Gasteiger partial charge >= 0.3 is 0 Å². The average Bonchev–Trinajstić information content (AvgIpc) is 3.02. The van der Waals surface area contributed by atoms with Gasteiger partial charge < -0.3 is 19.7 Å². The monoisotopic (exact) mass is 667 g/mol. The quantitative estimate of drug-likeness (QED) is 0.0932. The van der Waals surface area contributed by atoms with Gasteiger partial charge in [-0.25, -0.2) is 0 Å². The molecule has 0 heterocycles. The molecule has 0 radical (unpaired) electrons. The van der Waals surface area contributed by atoms with Gasteiger partial charge in [-0.1, -0.05) is 120 Å². The highest BCUT2D eigenvalue weighted by Gasteiger charge is 2.17. The van der Waals surface area contributed by atoms with Gasteiger partial charge in [-0.15, -0.1) is 0 Å². The first-order valence-corrected chi connectivity index (χ1v) is 20.0. The van der Waals surface area contributed by atoms with E-state index in [1.54, 1.807) is 0 Å². The second kappa shape index (κ2) is 23.9. The van der Waals surface area contributed by atoms with Gasteiger partial charge in [-0.3, -0.25) is 0 Å². The van der Waals surface area contributed by atoms with Crippen molar-refractivity contribution in [1.82, 2.24) is 0 Å². The summed E-state index contributed by atoms with van der Waals surface area (Å²) in [5.41, 5.74) is 4.13. The van der Waals surface area contributed by atoms with Crippen LogP contribution >= 0.6 is 0 Å². The molecule has 2 N–H and O–H groups in total. The number of ether oxygens (including phenoxy) is 2. The zero-order valence-electron chi connectivity index (χ0n) is 32.5. The number of rotatable bonds is 27. The van der Waals surface area contributed by atoms with E-state index in [2.05, 4.69) is 67.5 Å². The molecule has 0 unspecified atom stereocenters. The minimum Gasteiger partial charge on any atom is -0.508 e. The summed E-state index contributed by atoms with van der Waals surface area (Å²) in [7, 11) is 0. The number of hydrogen-bond acceptors (Lipinski definition) is 4. The molecule has 274 valence electrons. The van der Waals surface area contributed by atoms with Crippen molar-refractivity contribution in [3.63, 3.8) is 0 Å². The van der Waals surface area contributed by atoms with Gasteiger partial charge in [0.2, 0.25) is 0 Å². The van der Waals surface area contributed by atoms with E-state index in [0.717, 1.165) is 97.0 Å². The standard InChI is InChI=1S/C44H74O4/c1-9-11-13-21-37-29-41(45)39(25-23-35(7)19-15-17-33(3)4)43(31-37)47-27-28-48-44-32-38(22-14-12-10-2)30-42(46)40(44)26-24-36(8)20-16-18-34(5)6/h29-36,45-46H,9-28H2,1-8H3/t35-,36+. The summed E-state index contributed by atoms with van der Waals surface area (Å²) >= 11 is 0. The number of benzene rings is 2. The van der Waals surface area contributed by atoms with Gasteiger partial charge in [-0.2, -0.15) is 0 Å². The smallest absolute Gasteiger partial charge is 0.126 e. The second-order valence-electron chi connectivity index (χ2n) is 15.7. The lowest BCUT2D eigenvalue weighted by atomic mass is 9.93. The molecule has 0 aliphatic rings. The molecule has 0 saturated heterocycles. The van der Waals surface area contributed by atoms with E-state index in [0.29, 0.717) is 36.5 Å². The van der Waals surface area contributed by atoms with Crippen LogP contribution in [0.3, 0.4) is 0 Å². The summed E-state index contributed by atoms with van der Waals surface area (Å²) in [5, 5.41) is 22.3. The van der Waals surface area contributed by atoms with Crippen molar-refractivity contribution in [3.8, 4) is 23.0 Å². The Labute approximate surface area is 296 Å². The van der Waals surface area contributed by atoms with Crippen molar-refractivity contribution in [2.24, 2.45) is 23.7 Å². The van der Waals surface area contributed by atoms with Crippen LogP contribution in [0.25, 0.3) is 0 Å². The lowest BCUT2D eigenvalue weighted by Gasteiger charge is -2.19. The molecule has 0 spiro atoms. The Balaban J connectivity index is 2.15. The van der Waals surface area contributed by atoms with Crippen LogP contribution in [0, 0.1) is 23.7 Å². The summed E-state index contributed by atoms with van der Waals surface area (Å²) in [5.74, 6) is 5.03. The van der Waals surface area contributed by atoms with Crippen molar-refractivity contribution in [2.75, 3.05) is 13.2 Å². The minimum atomic E-state index is 0.365. The number of phenolic OH excluding ortho intramolecular Hbond substituents is 2. The molecule has 0 fully saturated rings. The van der Waals surface area contributed by atoms with Crippen LogP contribution in [-0.4, -0.2) is 23.4 Å². The maximum atomic E-state index is 11.2. The third-order valence-electron chi connectivity index (χ3n) is 9.96. The maximum absolute atomic E-state index is 11.2. The SMILES string of the molecule is CCCCCc1cc(O)c(CC[C@H](C)CCCC(C)C)c(OCCOc2cc(CCCCC)cc(O)c2CC[C@@H](C)CCCC(C)C)c1. The van der Waals surface area contributed by atoms with Crippen LogP contribution in [0.15, 0.2) is 24.3 Å². The zero-order chi connectivity index (χ0) is 35.3. The summed E-state index contributed by atoms with van der Waals surface area (Å²) in [4.78, 5) is 0. The van der Waals surface area contributed by atoms with E-state index in [1.807, 2.05) is 12.1 Å². The topological polar surface area (TPSA) is 58.9 Å². The van der Waals surface area contributed by atoms with Crippen molar-refractivity contribution < 1.29 is 19.7 Å². The van der Waals surface area contributed by atoms with Gasteiger partial charge in [0, 0.05) is 11.1 Å². The van der Waals surface area contributed by atoms with Crippen LogP contribution in [0.2, 0.25) is 0 Å². The molecule has 2 rings (SSSR count). The van der Waals surface area contributed by atoms with Crippen LogP contribution in [0.4, 0.5) is 0 Å². The van der Waals surface area contributed by atoms with Gasteiger partial charge in [0.05, 0.1) is 0 Å². The Kier molecular flexibility index (Phi) is 20.8. The Hall–Kier alpha value is -2.36. The van der Waals surface area contributed by atoms with Gasteiger partial charge in [0.1, 0.15) is 36.2 Å². The number of phenols is 2. The first-order valence-electron chi connectivity index (χ1n) is 20.0. The molecule has 0 aliphatic carbocycles. The molecule has 2 aromatic carbocycles. The third kappa shape index (κ3) is 16.8. The molecular weight excluding hydrogens is 592 g/mol. The predicted molar refractivity (Wildman–Crippen MR) is 206 cm³/mol. The molecule has 0 bridgehead atoms. The number of aryl methyl sites for hydroxylation is 2. The van der Waals surface area contributed by atoms with Crippen molar-refractivity contribution in [3.05, 3.63) is 46.5 Å². The lowest BCUT2D eigenvalue weighted by molar-refractivity contribution is 0.212. The Morgan fingerprint density at radius 3 is 1.23 bits per heavy atom. The van der Waals surface area contributed by atoms with Gasteiger partial charge in [-0.05, 0) is 110 Å². The van der Waals surface area contributed by atoms with E-state index in [1.165, 1.54) is 64.2 Å². The van der Waals surface area contributed by atoms with Crippen LogP contribution < -0.4 is 9.47 Å². The van der Waals surface area contributed by atoms with Gasteiger partial charge in [0.15, 0.2) is 0 Å². The van der Waals surface area contributed by atoms with Crippen LogP contribution in [0.5, 0.6) is 23.0 Å². The van der Waals surface area contributed by atoms with E-state index in [9.17, 15) is 10.2 Å². The Bertz CT molecular complexity index is 1050. The molecule has 2 atom stereocenters. The van der Waals surface area contributed by atoms with E-state index < -0.39 is 0 Å². The zero-order valence-corrected chi connectivity index (χ0v) is 32.5. The fourth-order valence-corrected chi connectivity index (χ4v) is 6.70. The molecule has 48 heavy (non-hydrogen) atoms. The summed E-state index contributed by atoms with van der Waals surface area (Å²) < 4.78 is 12.9. The normalized spacial score (nSPS) is 13.0. The van der Waals surface area contributed by atoms with E-state index in [-0.39, 0.29) is 0 Å². The predicted octanol–water partition coefficient (Wildman–Crippen LogP) is 12.8. The second-order valence-corrected chi connectivity index (χ2v) is 15.7. The molecule has 0 aliphatic heterocycles. The highest BCUT2D eigenvalue weighted by molar-refractivity contribution is 5.48. The van der Waals surface area contributed by atoms with Crippen LogP contribution in [-0.2, 0) is 25.7 Å². The summed E-state index contributed by atoms with van der Waals surface area (Å²) in [6.45, 7) is 19.1. The van der Waals surface area contributed by atoms with Crippen molar-refractivity contribution in [2.45, 2.75) is 171 Å². The molecule has 0 amide bonds. The molecule has 0 aromatic heterocycles. The Morgan fingerprint density at radius 2 is 0.875 bits per heavy atom. The Morgan fingerprint density at radius 1 is 0.479 bits per heavy atom. The lowest BCUT2D eigenvalue weighted by Crippen LogP contribution is -2.12. The van der Waals surface area contributed by atoms with Crippen LogP contribution in [0.1, 0.15) is 168 Å². The largest absolute Gasteiger partial charge is 0.508 e. The van der Waals surface area contributed by atoms with Crippen molar-refractivity contribution in [1.29, 1.82) is 0 Å². The average molecular weight is 667 g/mol. The van der Waals surface area contributed by atoms with E-state index >= 15 is 0 Å². The minimum absolute atomic E-state index is 0.365. The first kappa shape index (κ1) is 41.8. The fourth-order valence-electron chi connectivity index (χ4n) is 6.70. The van der Waals surface area contributed by atoms with Crippen molar-refractivity contribution >= 4 is 0 Å². The van der Waals surface area contributed by atoms with Gasteiger partial charge in [0.25, 0.3) is 0 Å². The highest BCUT2D eigenvalue weighted by atomic mass is 16.5. The molecule has 4 heteroatoms. The number of unbranched alkanes of at least 4 members (excludes halogenated alkanes) is 4. The van der Waals surface area contributed by atoms with E-state index in [4.69, 9.17) is 9.47 Å². The molecule has 2 aromatic rings. The maximum Gasteiger partial charge on any atom is 0.126 e. The number of hydrogen-bond donors (Lipinski definition) is 2. The number of aromatic hydroxyl groups is 2. The summed E-state index contributed by atoms with van der Waals surface area (Å²) in [6.07, 6.45) is 20.1. The molecular formula is C44H74O4. The fraction of sp³-hybridized carbons (Fsp3) is 0.727. The third-order valence-corrected chi connectivity index (χ3v) is 9.96. The molecule has 4 nitrogen and oxygen atoms in total. The first-order chi connectivity index (χ1) is 23.0.